The summed E-state index contributed by atoms with van der Waals surface area (Å²) in [6, 6.07) is 8.64. The van der Waals surface area contributed by atoms with Crippen molar-refractivity contribution in [2.24, 2.45) is 0 Å². The van der Waals surface area contributed by atoms with Gasteiger partial charge in [0, 0.05) is 16.7 Å². The molecule has 2 aromatic rings. The maximum Gasteiger partial charge on any atom is 0.362 e. The summed E-state index contributed by atoms with van der Waals surface area (Å²) in [6.45, 7) is 1.87. The number of carbonyl (C=O) groups excluding carboxylic acids is 1. The third-order valence-electron chi connectivity index (χ3n) is 2.35. The molecule has 0 amide bonds. The van der Waals surface area contributed by atoms with Gasteiger partial charge in [-0.15, -0.1) is 0 Å². The lowest BCUT2D eigenvalue weighted by molar-refractivity contribution is 0.0515. The molecular weight excluding hydrogens is 312 g/mol. The van der Waals surface area contributed by atoms with Crippen molar-refractivity contribution in [1.29, 1.82) is 0 Å². The lowest BCUT2D eigenvalue weighted by Crippen LogP contribution is -2.22. The summed E-state index contributed by atoms with van der Waals surface area (Å²) in [4.78, 5) is 23.2. The van der Waals surface area contributed by atoms with Crippen LogP contribution in [0.3, 0.4) is 0 Å². The van der Waals surface area contributed by atoms with Crippen molar-refractivity contribution in [2.45, 2.75) is 6.92 Å². The van der Waals surface area contributed by atoms with Gasteiger partial charge in [-0.05, 0) is 25.1 Å². The zero-order chi connectivity index (χ0) is 13.8. The van der Waals surface area contributed by atoms with Gasteiger partial charge in [-0.1, -0.05) is 22.0 Å². The average Bonchev–Trinajstić information content (AvgIpc) is 2.39. The highest BCUT2D eigenvalue weighted by Gasteiger charge is 2.14. The highest BCUT2D eigenvalue weighted by Crippen LogP contribution is 2.14. The minimum atomic E-state index is -0.711. The molecule has 0 unspecified atom stereocenters. The van der Waals surface area contributed by atoms with E-state index in [1.165, 1.54) is 16.9 Å². The van der Waals surface area contributed by atoms with Gasteiger partial charge in [-0.2, -0.15) is 5.10 Å². The Hall–Kier alpha value is -1.95. The lowest BCUT2D eigenvalue weighted by atomic mass is 10.3. The fourth-order valence-electron chi connectivity index (χ4n) is 1.51. The summed E-state index contributed by atoms with van der Waals surface area (Å²) in [5.74, 6) is -0.711. The molecule has 0 N–H and O–H groups in total. The monoisotopic (exact) mass is 322 g/mol. The predicted molar refractivity (Wildman–Crippen MR) is 73.5 cm³/mol. The van der Waals surface area contributed by atoms with Gasteiger partial charge in [0.25, 0.3) is 0 Å². The highest BCUT2D eigenvalue weighted by atomic mass is 79.9. The molecule has 2 rings (SSSR count). The first-order valence-corrected chi connectivity index (χ1v) is 6.44. The van der Waals surface area contributed by atoms with E-state index in [0.717, 1.165) is 10.2 Å². The first kappa shape index (κ1) is 13.5. The number of ether oxygens (including phenoxy) is 1. The van der Waals surface area contributed by atoms with Crippen LogP contribution < -0.4 is 5.43 Å². The molecule has 0 bridgehead atoms. The summed E-state index contributed by atoms with van der Waals surface area (Å²) in [5.41, 5.74) is 0.0638. The number of carbonyl (C=O) groups is 1. The lowest BCUT2D eigenvalue weighted by Gasteiger charge is -2.07. The number of hydrogen-bond acceptors (Lipinski definition) is 4. The minimum absolute atomic E-state index is 0.200. The van der Waals surface area contributed by atoms with Crippen LogP contribution in [-0.2, 0) is 4.74 Å². The second-order valence-corrected chi connectivity index (χ2v) is 4.59. The summed E-state index contributed by atoms with van der Waals surface area (Å²) in [7, 11) is 0. The second-order valence-electron chi connectivity index (χ2n) is 3.67. The molecule has 0 spiro atoms. The van der Waals surface area contributed by atoms with Crippen molar-refractivity contribution in [3.8, 4) is 5.69 Å². The molecule has 19 heavy (non-hydrogen) atoms. The summed E-state index contributed by atoms with van der Waals surface area (Å²) < 4.78 is 7.13. The van der Waals surface area contributed by atoms with Crippen LogP contribution in [-0.4, -0.2) is 22.4 Å². The molecule has 0 saturated heterocycles. The fraction of sp³-hybridized carbons (Fsp3) is 0.154. The van der Waals surface area contributed by atoms with E-state index in [4.69, 9.17) is 4.74 Å². The number of benzene rings is 1. The Morgan fingerprint density at radius 1 is 1.42 bits per heavy atom. The quantitative estimate of drug-likeness (QED) is 0.812. The molecule has 0 atom stereocenters. The van der Waals surface area contributed by atoms with Crippen LogP contribution in [0, 0.1) is 0 Å². The Labute approximate surface area is 118 Å². The molecule has 0 aliphatic carbocycles. The van der Waals surface area contributed by atoms with E-state index in [0.29, 0.717) is 0 Å². The second kappa shape index (κ2) is 5.79. The van der Waals surface area contributed by atoms with Crippen molar-refractivity contribution in [2.75, 3.05) is 6.61 Å². The van der Waals surface area contributed by atoms with Gasteiger partial charge in [0.05, 0.1) is 12.3 Å². The number of nitrogens with zero attached hydrogens (tertiary/aromatic N) is 2. The van der Waals surface area contributed by atoms with Crippen LogP contribution in [0.5, 0.6) is 0 Å². The van der Waals surface area contributed by atoms with Crippen LogP contribution in [0.4, 0.5) is 0 Å². The molecule has 0 radical (unpaired) electrons. The molecule has 1 aromatic carbocycles. The Morgan fingerprint density at radius 2 is 2.21 bits per heavy atom. The Balaban J connectivity index is 2.47. The first-order chi connectivity index (χ1) is 9.11. The number of aromatic nitrogens is 2. The molecule has 0 saturated carbocycles. The van der Waals surface area contributed by atoms with Crippen LogP contribution in [0.25, 0.3) is 5.69 Å². The first-order valence-electron chi connectivity index (χ1n) is 5.65. The standard InChI is InChI=1S/C13H11BrN2O3/c1-2-19-13(18)12-11(17)6-7-16(15-12)10-5-3-4-9(14)8-10/h3-8H,2H2,1H3. The highest BCUT2D eigenvalue weighted by molar-refractivity contribution is 9.10. The largest absolute Gasteiger partial charge is 0.461 e. The van der Waals surface area contributed by atoms with Crippen LogP contribution in [0.2, 0.25) is 0 Å². The zero-order valence-corrected chi connectivity index (χ0v) is 11.8. The molecule has 98 valence electrons. The number of halogens is 1. The average molecular weight is 323 g/mol. The summed E-state index contributed by atoms with van der Waals surface area (Å²) in [5, 5.41) is 4.01. The predicted octanol–water partition coefficient (Wildman–Crippen LogP) is 2.17. The van der Waals surface area contributed by atoms with Crippen LogP contribution >= 0.6 is 15.9 Å². The maximum atomic E-state index is 11.6. The molecular formula is C13H11BrN2O3. The molecule has 0 aliphatic rings. The van der Waals surface area contributed by atoms with Crippen LogP contribution in [0.15, 0.2) is 45.8 Å². The van der Waals surface area contributed by atoms with Crippen LogP contribution in [0.1, 0.15) is 17.4 Å². The molecule has 0 fully saturated rings. The van der Waals surface area contributed by atoms with Gasteiger partial charge >= 0.3 is 5.97 Å². The molecule has 0 aliphatic heterocycles. The van der Waals surface area contributed by atoms with Gasteiger partial charge in [0.2, 0.25) is 11.1 Å². The van der Waals surface area contributed by atoms with E-state index in [1.807, 2.05) is 24.3 Å². The minimum Gasteiger partial charge on any atom is -0.461 e. The van der Waals surface area contributed by atoms with Gasteiger partial charge in [0.15, 0.2) is 0 Å². The normalized spacial score (nSPS) is 10.2. The zero-order valence-electron chi connectivity index (χ0n) is 10.2. The fourth-order valence-corrected chi connectivity index (χ4v) is 1.90. The van der Waals surface area contributed by atoms with Crippen molar-refractivity contribution in [3.05, 3.63) is 56.9 Å². The van der Waals surface area contributed by atoms with E-state index in [2.05, 4.69) is 21.0 Å². The SMILES string of the molecule is CCOC(=O)c1nn(-c2cccc(Br)c2)ccc1=O. The van der Waals surface area contributed by atoms with E-state index in [9.17, 15) is 9.59 Å². The molecule has 1 aromatic heterocycles. The third kappa shape index (κ3) is 3.08. The number of hydrogen-bond donors (Lipinski definition) is 0. The smallest absolute Gasteiger partial charge is 0.362 e. The number of rotatable bonds is 3. The molecule has 6 heteroatoms. The van der Waals surface area contributed by atoms with Crippen molar-refractivity contribution >= 4 is 21.9 Å². The van der Waals surface area contributed by atoms with E-state index < -0.39 is 11.4 Å². The van der Waals surface area contributed by atoms with E-state index >= 15 is 0 Å². The third-order valence-corrected chi connectivity index (χ3v) is 2.84. The van der Waals surface area contributed by atoms with Gasteiger partial charge in [-0.25, -0.2) is 9.48 Å². The molecule has 1 heterocycles. The van der Waals surface area contributed by atoms with Crippen molar-refractivity contribution in [1.82, 2.24) is 9.78 Å². The number of esters is 1. The van der Waals surface area contributed by atoms with E-state index in [1.54, 1.807) is 6.92 Å². The Kier molecular flexibility index (Phi) is 4.11. The summed E-state index contributed by atoms with van der Waals surface area (Å²) in [6.07, 6.45) is 1.51. The van der Waals surface area contributed by atoms with Crippen molar-refractivity contribution < 1.29 is 9.53 Å². The maximum absolute atomic E-state index is 11.6. The van der Waals surface area contributed by atoms with Gasteiger partial charge in [-0.3, -0.25) is 4.79 Å². The van der Waals surface area contributed by atoms with Crippen molar-refractivity contribution in [3.63, 3.8) is 0 Å². The Morgan fingerprint density at radius 3 is 2.89 bits per heavy atom. The van der Waals surface area contributed by atoms with Gasteiger partial charge < -0.3 is 4.74 Å². The molecule has 5 nitrogen and oxygen atoms in total. The topological polar surface area (TPSA) is 61.2 Å². The Bertz CT molecular complexity index is 667. The summed E-state index contributed by atoms with van der Waals surface area (Å²) >= 11 is 3.35. The van der Waals surface area contributed by atoms with Gasteiger partial charge in [0.1, 0.15) is 0 Å². The van der Waals surface area contributed by atoms with E-state index in [-0.39, 0.29) is 12.3 Å².